The average Bonchev–Trinajstić information content (AvgIpc) is 2.33. The lowest BCUT2D eigenvalue weighted by molar-refractivity contribution is 0.432. The second kappa shape index (κ2) is 2.40. The number of nitrogens with one attached hydrogen (secondary N) is 1. The monoisotopic (exact) mass is 122 g/mol. The quantitative estimate of drug-likeness (QED) is 0.565. The van der Waals surface area contributed by atoms with Crippen LogP contribution in [-0.4, -0.2) is 5.01 Å². The van der Waals surface area contributed by atoms with Crippen LogP contribution in [0.4, 0.5) is 0 Å². The number of nitrogens with zero attached hydrogens (tertiary/aromatic N) is 1. The molecular weight excluding hydrogens is 112 g/mol. The summed E-state index contributed by atoms with van der Waals surface area (Å²) in [6.45, 7) is 5.61. The van der Waals surface area contributed by atoms with E-state index in [2.05, 4.69) is 12.0 Å². The summed E-state index contributed by atoms with van der Waals surface area (Å²) in [7, 11) is 0. The summed E-state index contributed by atoms with van der Waals surface area (Å²) in [5.74, 6) is 0. The maximum absolute atomic E-state index is 3.62. The molecule has 0 atom stereocenters. The molecule has 0 fully saturated rings. The van der Waals surface area contributed by atoms with Gasteiger partial charge in [0.2, 0.25) is 0 Å². The van der Waals surface area contributed by atoms with Crippen LogP contribution in [0.3, 0.4) is 0 Å². The molecule has 0 spiro atoms. The highest BCUT2D eigenvalue weighted by molar-refractivity contribution is 5.21. The van der Waals surface area contributed by atoms with Crippen LogP contribution in [0.1, 0.15) is 6.92 Å². The van der Waals surface area contributed by atoms with Gasteiger partial charge in [-0.2, -0.15) is 0 Å². The molecule has 1 aliphatic heterocycles. The minimum atomic E-state index is 1.13. The fourth-order valence-electron chi connectivity index (χ4n) is 0.751. The highest BCUT2D eigenvalue weighted by Gasteiger charge is 2.03. The van der Waals surface area contributed by atoms with E-state index in [4.69, 9.17) is 0 Å². The first-order valence-electron chi connectivity index (χ1n) is 2.89. The fourth-order valence-corrected chi connectivity index (χ4v) is 0.751. The molecule has 0 aromatic rings. The van der Waals surface area contributed by atoms with Gasteiger partial charge in [-0.15, -0.1) is 0 Å². The SMILES string of the molecule is C=CN1NC=C/C1=C/C. The van der Waals surface area contributed by atoms with Crippen LogP contribution >= 0.6 is 0 Å². The molecule has 0 unspecified atom stereocenters. The summed E-state index contributed by atoms with van der Waals surface area (Å²) >= 11 is 0. The third kappa shape index (κ3) is 0.964. The molecule has 1 heterocycles. The van der Waals surface area contributed by atoms with E-state index < -0.39 is 0 Å². The summed E-state index contributed by atoms with van der Waals surface area (Å²) in [6.07, 6.45) is 7.60. The third-order valence-corrected chi connectivity index (χ3v) is 1.22. The molecule has 0 saturated carbocycles. The van der Waals surface area contributed by atoms with Gasteiger partial charge in [-0.3, -0.25) is 5.01 Å². The lowest BCUT2D eigenvalue weighted by atomic mass is 10.4. The van der Waals surface area contributed by atoms with Crippen molar-refractivity contribution in [2.24, 2.45) is 0 Å². The van der Waals surface area contributed by atoms with Gasteiger partial charge >= 0.3 is 0 Å². The molecule has 2 nitrogen and oxygen atoms in total. The van der Waals surface area contributed by atoms with Crippen LogP contribution < -0.4 is 5.43 Å². The Bertz CT molecular complexity index is 168. The van der Waals surface area contributed by atoms with E-state index in [1.807, 2.05) is 30.3 Å². The van der Waals surface area contributed by atoms with Gasteiger partial charge in [-0.1, -0.05) is 12.7 Å². The first-order valence-corrected chi connectivity index (χ1v) is 2.89. The van der Waals surface area contributed by atoms with Crippen LogP contribution in [0.2, 0.25) is 0 Å². The predicted octanol–water partition coefficient (Wildman–Crippen LogP) is 1.37. The van der Waals surface area contributed by atoms with Crippen molar-refractivity contribution in [1.29, 1.82) is 0 Å². The molecule has 0 saturated heterocycles. The highest BCUT2D eigenvalue weighted by Crippen LogP contribution is 2.07. The van der Waals surface area contributed by atoms with Crippen LogP contribution in [-0.2, 0) is 0 Å². The van der Waals surface area contributed by atoms with E-state index in [1.54, 1.807) is 6.20 Å². The van der Waals surface area contributed by atoms with Crippen molar-refractivity contribution >= 4 is 0 Å². The van der Waals surface area contributed by atoms with Crippen molar-refractivity contribution in [2.45, 2.75) is 6.92 Å². The Balaban J connectivity index is 2.71. The normalized spacial score (nSPS) is 20.6. The molecule has 0 aromatic carbocycles. The zero-order valence-corrected chi connectivity index (χ0v) is 5.46. The summed E-state index contributed by atoms with van der Waals surface area (Å²) in [6, 6.07) is 0. The first-order chi connectivity index (χ1) is 4.38. The first kappa shape index (κ1) is 5.95. The van der Waals surface area contributed by atoms with Crippen molar-refractivity contribution in [3.05, 3.63) is 36.8 Å². The molecular formula is C7H10N2. The third-order valence-electron chi connectivity index (χ3n) is 1.22. The van der Waals surface area contributed by atoms with Crippen molar-refractivity contribution < 1.29 is 0 Å². The molecule has 0 amide bonds. The highest BCUT2D eigenvalue weighted by atomic mass is 15.5. The second-order valence-corrected chi connectivity index (χ2v) is 1.73. The predicted molar refractivity (Wildman–Crippen MR) is 38.1 cm³/mol. The Morgan fingerprint density at radius 3 is 3.00 bits per heavy atom. The Hall–Kier alpha value is -1.18. The Morgan fingerprint density at radius 2 is 2.56 bits per heavy atom. The second-order valence-electron chi connectivity index (χ2n) is 1.73. The number of hydrogen-bond donors (Lipinski definition) is 1. The van der Waals surface area contributed by atoms with Crippen LogP contribution in [0, 0.1) is 0 Å². The Kier molecular flexibility index (Phi) is 1.58. The van der Waals surface area contributed by atoms with Gasteiger partial charge < -0.3 is 5.43 Å². The van der Waals surface area contributed by atoms with E-state index >= 15 is 0 Å². The number of hydrazine groups is 1. The average molecular weight is 122 g/mol. The molecule has 1 rings (SSSR count). The van der Waals surface area contributed by atoms with Gasteiger partial charge in [0.15, 0.2) is 0 Å². The number of rotatable bonds is 1. The lowest BCUT2D eigenvalue weighted by Gasteiger charge is -2.13. The Morgan fingerprint density at radius 1 is 1.78 bits per heavy atom. The molecule has 0 aliphatic carbocycles. The molecule has 0 bridgehead atoms. The zero-order valence-electron chi connectivity index (χ0n) is 5.46. The molecule has 1 aliphatic rings. The summed E-state index contributed by atoms with van der Waals surface area (Å²) < 4.78 is 0. The van der Waals surface area contributed by atoms with Gasteiger partial charge in [-0.25, -0.2) is 0 Å². The molecule has 0 aromatic heterocycles. The minimum absolute atomic E-state index is 1.13. The van der Waals surface area contributed by atoms with Gasteiger partial charge in [-0.05, 0) is 13.0 Å². The standard InChI is InChI=1S/C7H10N2/c1-3-7-5-6-8-9(7)4-2/h3-6,8H,2H2,1H3/b7-3-. The maximum atomic E-state index is 3.62. The molecule has 2 heteroatoms. The number of allylic oxidation sites excluding steroid dienone is 2. The molecule has 48 valence electrons. The molecule has 9 heavy (non-hydrogen) atoms. The summed E-state index contributed by atoms with van der Waals surface area (Å²) in [5.41, 5.74) is 4.10. The van der Waals surface area contributed by atoms with Crippen molar-refractivity contribution in [1.82, 2.24) is 10.4 Å². The van der Waals surface area contributed by atoms with Gasteiger partial charge in [0.1, 0.15) is 0 Å². The molecule has 1 N–H and O–H groups in total. The van der Waals surface area contributed by atoms with Crippen molar-refractivity contribution in [2.75, 3.05) is 0 Å². The number of hydrogen-bond acceptors (Lipinski definition) is 2. The van der Waals surface area contributed by atoms with E-state index in [1.165, 1.54) is 0 Å². The smallest absolute Gasteiger partial charge is 0.0595 e. The molecule has 0 radical (unpaired) electrons. The fraction of sp³-hybridized carbons (Fsp3) is 0.143. The van der Waals surface area contributed by atoms with Gasteiger partial charge in [0, 0.05) is 12.4 Å². The van der Waals surface area contributed by atoms with Crippen LogP contribution in [0.25, 0.3) is 0 Å². The van der Waals surface area contributed by atoms with E-state index in [0.29, 0.717) is 0 Å². The summed E-state index contributed by atoms with van der Waals surface area (Å²) in [4.78, 5) is 0. The van der Waals surface area contributed by atoms with Crippen molar-refractivity contribution in [3.63, 3.8) is 0 Å². The van der Waals surface area contributed by atoms with Gasteiger partial charge in [0.25, 0.3) is 0 Å². The van der Waals surface area contributed by atoms with Crippen LogP contribution in [0.15, 0.2) is 36.8 Å². The summed E-state index contributed by atoms with van der Waals surface area (Å²) in [5, 5.41) is 1.85. The lowest BCUT2D eigenvalue weighted by Crippen LogP contribution is -2.21. The maximum Gasteiger partial charge on any atom is 0.0595 e. The zero-order chi connectivity index (χ0) is 6.69. The van der Waals surface area contributed by atoms with Gasteiger partial charge in [0.05, 0.1) is 5.70 Å². The van der Waals surface area contributed by atoms with E-state index in [0.717, 1.165) is 5.70 Å². The van der Waals surface area contributed by atoms with E-state index in [-0.39, 0.29) is 0 Å². The minimum Gasteiger partial charge on any atom is -0.302 e. The van der Waals surface area contributed by atoms with Crippen molar-refractivity contribution in [3.8, 4) is 0 Å². The topological polar surface area (TPSA) is 15.3 Å². The van der Waals surface area contributed by atoms with E-state index in [9.17, 15) is 0 Å². The van der Waals surface area contributed by atoms with Crippen LogP contribution in [0.5, 0.6) is 0 Å². The largest absolute Gasteiger partial charge is 0.302 e. The Labute approximate surface area is 55.1 Å².